The highest BCUT2D eigenvalue weighted by Crippen LogP contribution is 2.47. The molecular formula is C11H22. The lowest BCUT2D eigenvalue weighted by Crippen LogP contribution is -2.16. The van der Waals surface area contributed by atoms with E-state index in [1.165, 1.54) is 25.7 Å². The summed E-state index contributed by atoms with van der Waals surface area (Å²) >= 11 is 0. The summed E-state index contributed by atoms with van der Waals surface area (Å²) in [6.45, 7) is 9.59. The SMILES string of the molecule is CCCC1CC(C)CC1(C)C. The molecule has 1 saturated carbocycles. The average Bonchev–Trinajstić information content (AvgIpc) is 2.07. The number of hydrogen-bond donors (Lipinski definition) is 0. The van der Waals surface area contributed by atoms with Crippen molar-refractivity contribution in [3.8, 4) is 0 Å². The number of hydrogen-bond acceptors (Lipinski definition) is 0. The highest BCUT2D eigenvalue weighted by atomic mass is 14.4. The van der Waals surface area contributed by atoms with Crippen LogP contribution in [-0.4, -0.2) is 0 Å². The third-order valence-electron chi connectivity index (χ3n) is 3.30. The Hall–Kier alpha value is 0. The topological polar surface area (TPSA) is 0 Å². The quantitative estimate of drug-likeness (QED) is 0.566. The van der Waals surface area contributed by atoms with E-state index >= 15 is 0 Å². The van der Waals surface area contributed by atoms with E-state index in [1.807, 2.05) is 0 Å². The molecule has 0 aromatic carbocycles. The van der Waals surface area contributed by atoms with Crippen molar-refractivity contribution in [2.24, 2.45) is 17.3 Å². The van der Waals surface area contributed by atoms with Crippen molar-refractivity contribution >= 4 is 0 Å². The summed E-state index contributed by atoms with van der Waals surface area (Å²) in [4.78, 5) is 0. The summed E-state index contributed by atoms with van der Waals surface area (Å²) < 4.78 is 0. The van der Waals surface area contributed by atoms with Crippen LogP contribution < -0.4 is 0 Å². The first kappa shape index (κ1) is 9.09. The Morgan fingerprint density at radius 3 is 2.36 bits per heavy atom. The molecule has 0 radical (unpaired) electrons. The lowest BCUT2D eigenvalue weighted by atomic mass is 9.79. The van der Waals surface area contributed by atoms with Crippen LogP contribution in [0.5, 0.6) is 0 Å². The van der Waals surface area contributed by atoms with Gasteiger partial charge in [-0.2, -0.15) is 0 Å². The van der Waals surface area contributed by atoms with Crippen LogP contribution >= 0.6 is 0 Å². The van der Waals surface area contributed by atoms with Crippen LogP contribution in [0.3, 0.4) is 0 Å². The molecular weight excluding hydrogens is 132 g/mol. The van der Waals surface area contributed by atoms with Gasteiger partial charge in [-0.3, -0.25) is 0 Å². The van der Waals surface area contributed by atoms with Gasteiger partial charge in [0.1, 0.15) is 0 Å². The molecule has 1 fully saturated rings. The summed E-state index contributed by atoms with van der Waals surface area (Å²) in [7, 11) is 0. The molecule has 0 nitrogen and oxygen atoms in total. The standard InChI is InChI=1S/C11H22/c1-5-6-10-7-9(2)8-11(10,3)4/h9-10H,5-8H2,1-4H3. The van der Waals surface area contributed by atoms with Crippen LogP contribution in [0.4, 0.5) is 0 Å². The van der Waals surface area contributed by atoms with E-state index in [9.17, 15) is 0 Å². The molecule has 0 saturated heterocycles. The zero-order valence-corrected chi connectivity index (χ0v) is 8.48. The van der Waals surface area contributed by atoms with Gasteiger partial charge in [0, 0.05) is 0 Å². The van der Waals surface area contributed by atoms with E-state index in [1.54, 1.807) is 0 Å². The van der Waals surface area contributed by atoms with E-state index in [2.05, 4.69) is 27.7 Å². The Morgan fingerprint density at radius 1 is 1.36 bits per heavy atom. The van der Waals surface area contributed by atoms with Crippen molar-refractivity contribution in [3.63, 3.8) is 0 Å². The Labute approximate surface area is 71.4 Å². The zero-order chi connectivity index (χ0) is 8.48. The van der Waals surface area contributed by atoms with Gasteiger partial charge in [-0.15, -0.1) is 0 Å². The molecule has 0 aromatic heterocycles. The maximum absolute atomic E-state index is 2.44. The smallest absolute Gasteiger partial charge is 0.0323 e. The van der Waals surface area contributed by atoms with E-state index in [4.69, 9.17) is 0 Å². The fourth-order valence-corrected chi connectivity index (χ4v) is 2.81. The Kier molecular flexibility index (Phi) is 2.61. The summed E-state index contributed by atoms with van der Waals surface area (Å²) in [6.07, 6.45) is 5.72. The van der Waals surface area contributed by atoms with Gasteiger partial charge in [-0.1, -0.05) is 40.5 Å². The molecule has 0 heterocycles. The van der Waals surface area contributed by atoms with Gasteiger partial charge in [-0.05, 0) is 30.1 Å². The van der Waals surface area contributed by atoms with E-state index in [-0.39, 0.29) is 0 Å². The van der Waals surface area contributed by atoms with E-state index < -0.39 is 0 Å². The van der Waals surface area contributed by atoms with E-state index in [0.29, 0.717) is 5.41 Å². The lowest BCUT2D eigenvalue weighted by Gasteiger charge is -2.26. The van der Waals surface area contributed by atoms with Crippen molar-refractivity contribution in [1.29, 1.82) is 0 Å². The van der Waals surface area contributed by atoms with Crippen LogP contribution in [0, 0.1) is 17.3 Å². The van der Waals surface area contributed by atoms with Gasteiger partial charge in [0.05, 0.1) is 0 Å². The number of rotatable bonds is 2. The van der Waals surface area contributed by atoms with Crippen molar-refractivity contribution < 1.29 is 0 Å². The van der Waals surface area contributed by atoms with Crippen LogP contribution in [0.2, 0.25) is 0 Å². The first-order chi connectivity index (χ1) is 5.06. The van der Waals surface area contributed by atoms with Gasteiger partial charge in [0.15, 0.2) is 0 Å². The molecule has 0 aromatic rings. The molecule has 0 bridgehead atoms. The monoisotopic (exact) mass is 154 g/mol. The largest absolute Gasteiger partial charge is 0.0654 e. The summed E-state index contributed by atoms with van der Waals surface area (Å²) in [6, 6.07) is 0. The minimum Gasteiger partial charge on any atom is -0.0654 e. The normalized spacial score (nSPS) is 36.0. The molecule has 2 atom stereocenters. The van der Waals surface area contributed by atoms with Crippen LogP contribution in [0.15, 0.2) is 0 Å². The van der Waals surface area contributed by atoms with Crippen molar-refractivity contribution in [3.05, 3.63) is 0 Å². The average molecular weight is 154 g/mol. The van der Waals surface area contributed by atoms with Crippen molar-refractivity contribution in [1.82, 2.24) is 0 Å². The minimum absolute atomic E-state index is 0.634. The summed E-state index contributed by atoms with van der Waals surface area (Å²) in [5, 5.41) is 0. The first-order valence-corrected chi connectivity index (χ1v) is 5.06. The third-order valence-corrected chi connectivity index (χ3v) is 3.30. The van der Waals surface area contributed by atoms with E-state index in [0.717, 1.165) is 11.8 Å². The third kappa shape index (κ3) is 1.98. The first-order valence-electron chi connectivity index (χ1n) is 5.06. The van der Waals surface area contributed by atoms with Gasteiger partial charge in [0.2, 0.25) is 0 Å². The molecule has 1 rings (SSSR count). The second-order valence-corrected chi connectivity index (χ2v) is 5.02. The lowest BCUT2D eigenvalue weighted by molar-refractivity contribution is 0.243. The second kappa shape index (κ2) is 3.16. The summed E-state index contributed by atoms with van der Waals surface area (Å²) in [5.74, 6) is 1.98. The minimum atomic E-state index is 0.634. The van der Waals surface area contributed by atoms with Crippen molar-refractivity contribution in [2.45, 2.75) is 53.4 Å². The second-order valence-electron chi connectivity index (χ2n) is 5.02. The molecule has 0 amide bonds. The highest BCUT2D eigenvalue weighted by Gasteiger charge is 2.37. The fourth-order valence-electron chi connectivity index (χ4n) is 2.81. The predicted molar refractivity (Wildman–Crippen MR) is 50.6 cm³/mol. The Balaban J connectivity index is 2.51. The molecule has 0 spiro atoms. The molecule has 1 aliphatic carbocycles. The van der Waals surface area contributed by atoms with Crippen LogP contribution in [0.25, 0.3) is 0 Å². The maximum Gasteiger partial charge on any atom is -0.0323 e. The highest BCUT2D eigenvalue weighted by molar-refractivity contribution is 4.87. The van der Waals surface area contributed by atoms with Gasteiger partial charge >= 0.3 is 0 Å². The van der Waals surface area contributed by atoms with Crippen LogP contribution in [0.1, 0.15) is 53.4 Å². The summed E-state index contributed by atoms with van der Waals surface area (Å²) in [5.41, 5.74) is 0.634. The zero-order valence-electron chi connectivity index (χ0n) is 8.48. The van der Waals surface area contributed by atoms with Gasteiger partial charge in [0.25, 0.3) is 0 Å². The Bertz CT molecular complexity index is 124. The molecule has 11 heavy (non-hydrogen) atoms. The van der Waals surface area contributed by atoms with Gasteiger partial charge < -0.3 is 0 Å². The van der Waals surface area contributed by atoms with Gasteiger partial charge in [-0.25, -0.2) is 0 Å². The molecule has 66 valence electrons. The maximum atomic E-state index is 2.44. The molecule has 0 heteroatoms. The van der Waals surface area contributed by atoms with Crippen molar-refractivity contribution in [2.75, 3.05) is 0 Å². The molecule has 1 aliphatic rings. The van der Waals surface area contributed by atoms with Crippen LogP contribution in [-0.2, 0) is 0 Å². The molecule has 0 aliphatic heterocycles. The molecule has 0 N–H and O–H groups in total. The fraction of sp³-hybridized carbons (Fsp3) is 1.00. The molecule has 2 unspecified atom stereocenters. The Morgan fingerprint density at radius 2 is 2.00 bits per heavy atom. The predicted octanol–water partition coefficient (Wildman–Crippen LogP) is 3.86.